The predicted molar refractivity (Wildman–Crippen MR) is 120 cm³/mol. The highest BCUT2D eigenvalue weighted by Gasteiger charge is 2.34. The molecule has 7 nitrogen and oxygen atoms in total. The summed E-state index contributed by atoms with van der Waals surface area (Å²) in [4.78, 5) is 8.60. The van der Waals surface area contributed by atoms with Gasteiger partial charge in [-0.1, -0.05) is 31.2 Å². The number of fused-ring (bicyclic) bond motifs is 1. The number of aromatic nitrogens is 5. The van der Waals surface area contributed by atoms with Gasteiger partial charge in [0.2, 0.25) is 0 Å². The normalized spacial score (nSPS) is 14.6. The van der Waals surface area contributed by atoms with Gasteiger partial charge in [0.25, 0.3) is 0 Å². The van der Waals surface area contributed by atoms with E-state index >= 15 is 0 Å². The quantitative estimate of drug-likeness (QED) is 0.402. The molecular weight excluding hydrogens is 467 g/mol. The summed E-state index contributed by atoms with van der Waals surface area (Å²) in [5, 5.41) is 6.89. The van der Waals surface area contributed by atoms with Crippen LogP contribution in [0.4, 0.5) is 13.2 Å². The molecule has 0 amide bonds. The first-order valence-corrected chi connectivity index (χ1v) is 12.3. The van der Waals surface area contributed by atoms with E-state index in [2.05, 4.69) is 20.2 Å². The average molecular weight is 488 g/mol. The Bertz CT molecular complexity index is 1510. The van der Waals surface area contributed by atoms with Gasteiger partial charge in [-0.05, 0) is 36.0 Å². The summed E-state index contributed by atoms with van der Waals surface area (Å²) in [5.41, 5.74) is 1.61. The highest BCUT2D eigenvalue weighted by atomic mass is 32.2. The van der Waals surface area contributed by atoms with Crippen molar-refractivity contribution in [3.05, 3.63) is 53.9 Å². The second kappa shape index (κ2) is 7.86. The maximum atomic E-state index is 13.1. The Balaban J connectivity index is 1.65. The lowest BCUT2D eigenvalue weighted by Gasteiger charge is -2.11. The van der Waals surface area contributed by atoms with Crippen LogP contribution in [0, 0.1) is 0 Å². The van der Waals surface area contributed by atoms with Crippen LogP contribution >= 0.6 is 0 Å². The number of pyridine rings is 1. The summed E-state index contributed by atoms with van der Waals surface area (Å²) in [7, 11) is -2.21. The fraction of sp³-hybridized carbons (Fsp3) is 0.304. The number of nitrogens with zero attached hydrogens (tertiary/aromatic N) is 5. The monoisotopic (exact) mass is 487 g/mol. The molecule has 11 heteroatoms. The first-order valence-electron chi connectivity index (χ1n) is 10.7. The van der Waals surface area contributed by atoms with Gasteiger partial charge >= 0.3 is 6.18 Å². The Morgan fingerprint density at radius 3 is 2.38 bits per heavy atom. The molecule has 0 atom stereocenters. The molecule has 0 unspecified atom stereocenters. The van der Waals surface area contributed by atoms with E-state index in [1.54, 1.807) is 12.3 Å². The molecule has 1 saturated carbocycles. The number of benzene rings is 1. The smallest absolute Gasteiger partial charge is 0.309 e. The highest BCUT2D eigenvalue weighted by Crippen LogP contribution is 2.40. The van der Waals surface area contributed by atoms with Gasteiger partial charge in [0.15, 0.2) is 27.0 Å². The van der Waals surface area contributed by atoms with Crippen molar-refractivity contribution in [2.24, 2.45) is 7.05 Å². The molecular formula is C23H20F3N5O2S. The highest BCUT2D eigenvalue weighted by molar-refractivity contribution is 7.91. The molecule has 34 heavy (non-hydrogen) atoms. The Labute approximate surface area is 193 Å². The number of alkyl halides is 3. The zero-order valence-corrected chi connectivity index (χ0v) is 19.2. The van der Waals surface area contributed by atoms with Crippen molar-refractivity contribution in [1.82, 2.24) is 24.7 Å². The molecule has 0 saturated heterocycles. The summed E-state index contributed by atoms with van der Waals surface area (Å²) in [6, 6.07) is 10.3. The van der Waals surface area contributed by atoms with Crippen molar-refractivity contribution in [1.29, 1.82) is 0 Å². The van der Waals surface area contributed by atoms with E-state index < -0.39 is 21.7 Å². The molecule has 4 aromatic rings. The lowest BCUT2D eigenvalue weighted by Crippen LogP contribution is -2.10. The SMILES string of the molecule is CCS(=O)(=O)c1cc(-c2ccc(C3CC3)cc2)cnc1-c1nc2cc(C(F)(F)F)nnc2n1C. The molecule has 0 aliphatic heterocycles. The van der Waals surface area contributed by atoms with Crippen LogP contribution in [-0.4, -0.2) is 38.9 Å². The summed E-state index contributed by atoms with van der Waals surface area (Å²) in [6.07, 6.45) is -0.768. The van der Waals surface area contributed by atoms with Gasteiger partial charge in [0, 0.05) is 24.9 Å². The molecule has 0 spiro atoms. The number of hydrogen-bond donors (Lipinski definition) is 0. The molecule has 0 radical (unpaired) electrons. The van der Waals surface area contributed by atoms with Gasteiger partial charge in [0.05, 0.1) is 10.6 Å². The molecule has 0 bridgehead atoms. The number of sulfone groups is 1. The maximum Gasteiger partial charge on any atom is 0.435 e. The van der Waals surface area contributed by atoms with Gasteiger partial charge in [-0.25, -0.2) is 13.4 Å². The molecule has 5 rings (SSSR count). The third-order valence-corrected chi connectivity index (χ3v) is 7.72. The number of aryl methyl sites for hydroxylation is 1. The fourth-order valence-corrected chi connectivity index (χ4v) is 4.92. The van der Waals surface area contributed by atoms with E-state index in [1.807, 2.05) is 24.3 Å². The van der Waals surface area contributed by atoms with Crippen molar-refractivity contribution in [2.45, 2.75) is 36.8 Å². The first-order chi connectivity index (χ1) is 16.1. The standard InChI is InChI=1S/C23H20F3N5O2S/c1-3-34(32,33)18-10-16(15-8-6-14(7-9-15)13-4-5-13)12-27-20(18)22-28-17-11-19(23(24,25)26)29-30-21(17)31(22)2/h6-13H,3-5H2,1-2H3. The molecule has 3 heterocycles. The van der Waals surface area contributed by atoms with Crippen LogP contribution in [0.25, 0.3) is 33.8 Å². The number of rotatable bonds is 5. The van der Waals surface area contributed by atoms with E-state index in [4.69, 9.17) is 0 Å². The molecule has 3 aromatic heterocycles. The van der Waals surface area contributed by atoms with Gasteiger partial charge in [-0.15, -0.1) is 10.2 Å². The van der Waals surface area contributed by atoms with Crippen molar-refractivity contribution in [2.75, 3.05) is 5.75 Å². The zero-order chi connectivity index (χ0) is 24.3. The number of imidazole rings is 1. The first kappa shape index (κ1) is 22.5. The van der Waals surface area contributed by atoms with Crippen LogP contribution in [0.15, 0.2) is 47.5 Å². The van der Waals surface area contributed by atoms with Gasteiger partial charge in [0.1, 0.15) is 11.2 Å². The average Bonchev–Trinajstić information content (AvgIpc) is 3.62. The maximum absolute atomic E-state index is 13.1. The van der Waals surface area contributed by atoms with Gasteiger partial charge in [-0.2, -0.15) is 13.2 Å². The van der Waals surface area contributed by atoms with Crippen LogP contribution in [0.2, 0.25) is 0 Å². The lowest BCUT2D eigenvalue weighted by molar-refractivity contribution is -0.141. The molecule has 0 N–H and O–H groups in total. The third kappa shape index (κ3) is 3.93. The van der Waals surface area contributed by atoms with E-state index in [0.29, 0.717) is 11.5 Å². The summed E-state index contributed by atoms with van der Waals surface area (Å²) in [6.45, 7) is 1.52. The van der Waals surface area contributed by atoms with E-state index in [0.717, 1.165) is 11.6 Å². The van der Waals surface area contributed by atoms with Crippen LogP contribution < -0.4 is 0 Å². The van der Waals surface area contributed by atoms with E-state index in [9.17, 15) is 21.6 Å². The van der Waals surface area contributed by atoms with Gasteiger partial charge < -0.3 is 4.57 Å². The van der Waals surface area contributed by atoms with Crippen molar-refractivity contribution >= 4 is 21.0 Å². The van der Waals surface area contributed by atoms with Gasteiger partial charge in [-0.3, -0.25) is 4.98 Å². The van der Waals surface area contributed by atoms with Crippen molar-refractivity contribution in [3.8, 4) is 22.6 Å². The Kier molecular flexibility index (Phi) is 5.19. The molecule has 176 valence electrons. The van der Waals surface area contributed by atoms with Crippen LogP contribution in [0.3, 0.4) is 0 Å². The number of hydrogen-bond acceptors (Lipinski definition) is 6. The predicted octanol–water partition coefficient (Wildman–Crippen LogP) is 4.78. The van der Waals surface area contributed by atoms with Crippen molar-refractivity contribution in [3.63, 3.8) is 0 Å². The molecule has 1 fully saturated rings. The summed E-state index contributed by atoms with van der Waals surface area (Å²) in [5.74, 6) is 0.517. The Morgan fingerprint density at radius 2 is 1.76 bits per heavy atom. The number of halogens is 3. The second-order valence-electron chi connectivity index (χ2n) is 8.30. The molecule has 1 aliphatic carbocycles. The fourth-order valence-electron chi connectivity index (χ4n) is 3.86. The molecule has 1 aliphatic rings. The zero-order valence-electron chi connectivity index (χ0n) is 18.3. The Hall–Kier alpha value is -3.34. The minimum absolute atomic E-state index is 0.0406. The second-order valence-corrected chi connectivity index (χ2v) is 10.5. The van der Waals surface area contributed by atoms with Crippen LogP contribution in [0.1, 0.15) is 36.9 Å². The van der Waals surface area contributed by atoms with Crippen LogP contribution in [0.5, 0.6) is 0 Å². The molecule has 1 aromatic carbocycles. The lowest BCUT2D eigenvalue weighted by atomic mass is 10.0. The Morgan fingerprint density at radius 1 is 1.06 bits per heavy atom. The van der Waals surface area contributed by atoms with E-state index in [1.165, 1.54) is 36.9 Å². The van der Waals surface area contributed by atoms with Crippen molar-refractivity contribution < 1.29 is 21.6 Å². The summed E-state index contributed by atoms with van der Waals surface area (Å²) < 4.78 is 66.6. The van der Waals surface area contributed by atoms with Crippen LogP contribution in [-0.2, 0) is 23.1 Å². The minimum atomic E-state index is -4.68. The topological polar surface area (TPSA) is 90.6 Å². The summed E-state index contributed by atoms with van der Waals surface area (Å²) >= 11 is 0. The van der Waals surface area contributed by atoms with E-state index in [-0.39, 0.29) is 33.3 Å². The minimum Gasteiger partial charge on any atom is -0.309 e. The largest absolute Gasteiger partial charge is 0.435 e. The third-order valence-electron chi connectivity index (χ3n) is 5.98.